The van der Waals surface area contributed by atoms with E-state index in [1.54, 1.807) is 41.5 Å². The maximum atomic E-state index is 13.2. The van der Waals surface area contributed by atoms with E-state index in [2.05, 4.69) is 22.5 Å². The molecule has 2 aromatic carbocycles. The number of carbonyl (C=O) groups excluding carboxylic acids is 2. The van der Waals surface area contributed by atoms with Crippen LogP contribution in [0.3, 0.4) is 0 Å². The summed E-state index contributed by atoms with van der Waals surface area (Å²) in [6.45, 7) is 4.71. The topological polar surface area (TPSA) is 53.8 Å². The number of hydrogen-bond donors (Lipinski definition) is 0. The zero-order chi connectivity index (χ0) is 21.3. The van der Waals surface area contributed by atoms with E-state index < -0.39 is 0 Å². The Bertz CT molecular complexity index is 987. The highest BCUT2D eigenvalue weighted by Gasteiger charge is 2.22. The van der Waals surface area contributed by atoms with Crippen LogP contribution in [0.5, 0.6) is 0 Å². The van der Waals surface area contributed by atoms with E-state index >= 15 is 0 Å². The molecule has 3 rings (SSSR count). The van der Waals surface area contributed by atoms with Gasteiger partial charge in [-0.2, -0.15) is 0 Å². The summed E-state index contributed by atoms with van der Waals surface area (Å²) in [6.07, 6.45) is 3.21. The number of furan rings is 1. The van der Waals surface area contributed by atoms with E-state index in [0.717, 1.165) is 10.0 Å². The molecule has 154 valence electrons. The summed E-state index contributed by atoms with van der Waals surface area (Å²) >= 11 is 3.39. The lowest BCUT2D eigenvalue weighted by Crippen LogP contribution is -2.42. The lowest BCUT2D eigenvalue weighted by atomic mass is 10.2. The van der Waals surface area contributed by atoms with E-state index in [-0.39, 0.29) is 24.9 Å². The Balaban J connectivity index is 1.78. The summed E-state index contributed by atoms with van der Waals surface area (Å²) < 4.78 is 6.25. The van der Waals surface area contributed by atoms with Crippen LogP contribution in [0, 0.1) is 0 Å². The Morgan fingerprint density at radius 3 is 2.43 bits per heavy atom. The van der Waals surface area contributed by atoms with Crippen LogP contribution in [0.4, 0.5) is 0 Å². The van der Waals surface area contributed by atoms with Crippen LogP contribution in [0.2, 0.25) is 0 Å². The monoisotopic (exact) mass is 466 g/mol. The molecule has 30 heavy (non-hydrogen) atoms. The third kappa shape index (κ3) is 5.94. The molecule has 0 aliphatic carbocycles. The number of carbonyl (C=O) groups is 2. The minimum Gasteiger partial charge on any atom is -0.467 e. The number of rotatable bonds is 9. The normalized spacial score (nSPS) is 10.4. The molecule has 0 spiro atoms. The standard InChI is InChI=1S/C24H23BrN2O3/c1-2-13-26(24(29)20-10-6-11-21(25)15-20)18-23(28)27(17-22-12-7-14-30-22)16-19-8-4-3-5-9-19/h2-12,14-15H,1,13,16-18H2. The van der Waals surface area contributed by atoms with Gasteiger partial charge in [0.1, 0.15) is 12.3 Å². The van der Waals surface area contributed by atoms with Gasteiger partial charge < -0.3 is 14.2 Å². The highest BCUT2D eigenvalue weighted by molar-refractivity contribution is 9.10. The van der Waals surface area contributed by atoms with Crippen molar-refractivity contribution < 1.29 is 14.0 Å². The fraction of sp³-hybridized carbons (Fsp3) is 0.167. The van der Waals surface area contributed by atoms with Crippen LogP contribution in [0.1, 0.15) is 21.7 Å². The van der Waals surface area contributed by atoms with E-state index in [1.165, 1.54) is 4.90 Å². The van der Waals surface area contributed by atoms with Crippen molar-refractivity contribution in [3.63, 3.8) is 0 Å². The van der Waals surface area contributed by atoms with Crippen molar-refractivity contribution in [1.29, 1.82) is 0 Å². The molecule has 0 aliphatic heterocycles. The van der Waals surface area contributed by atoms with Crippen LogP contribution in [-0.4, -0.2) is 34.7 Å². The predicted molar refractivity (Wildman–Crippen MR) is 120 cm³/mol. The molecule has 1 aromatic heterocycles. The smallest absolute Gasteiger partial charge is 0.254 e. The predicted octanol–water partition coefficient (Wildman–Crippen LogP) is 4.90. The Morgan fingerprint density at radius 1 is 0.967 bits per heavy atom. The summed E-state index contributed by atoms with van der Waals surface area (Å²) in [4.78, 5) is 29.4. The molecule has 6 heteroatoms. The van der Waals surface area contributed by atoms with Crippen molar-refractivity contribution in [2.24, 2.45) is 0 Å². The van der Waals surface area contributed by atoms with Crippen molar-refractivity contribution >= 4 is 27.7 Å². The van der Waals surface area contributed by atoms with Gasteiger partial charge in [-0.1, -0.05) is 58.4 Å². The summed E-state index contributed by atoms with van der Waals surface area (Å²) in [5.41, 5.74) is 1.52. The first kappa shape index (κ1) is 21.6. The Hall–Kier alpha value is -3.12. The fourth-order valence-electron chi connectivity index (χ4n) is 3.07. The van der Waals surface area contributed by atoms with Crippen molar-refractivity contribution in [2.45, 2.75) is 13.1 Å². The van der Waals surface area contributed by atoms with Gasteiger partial charge in [0.05, 0.1) is 12.8 Å². The van der Waals surface area contributed by atoms with E-state index in [0.29, 0.717) is 24.4 Å². The maximum absolute atomic E-state index is 13.2. The van der Waals surface area contributed by atoms with Crippen LogP contribution in [-0.2, 0) is 17.9 Å². The molecule has 0 atom stereocenters. The number of halogens is 1. The zero-order valence-corrected chi connectivity index (χ0v) is 18.1. The van der Waals surface area contributed by atoms with Crippen LogP contribution >= 0.6 is 15.9 Å². The van der Waals surface area contributed by atoms with Gasteiger partial charge in [-0.15, -0.1) is 6.58 Å². The average Bonchev–Trinajstić information content (AvgIpc) is 3.26. The summed E-state index contributed by atoms with van der Waals surface area (Å²) in [5, 5.41) is 0. The number of amides is 2. The van der Waals surface area contributed by atoms with Gasteiger partial charge in [0.2, 0.25) is 5.91 Å². The third-order valence-electron chi connectivity index (χ3n) is 4.53. The highest BCUT2D eigenvalue weighted by Crippen LogP contribution is 2.15. The first-order valence-electron chi connectivity index (χ1n) is 9.56. The summed E-state index contributed by atoms with van der Waals surface area (Å²) in [7, 11) is 0. The minimum absolute atomic E-state index is 0.0507. The lowest BCUT2D eigenvalue weighted by molar-refractivity contribution is -0.133. The van der Waals surface area contributed by atoms with Gasteiger partial charge in [-0.3, -0.25) is 9.59 Å². The highest BCUT2D eigenvalue weighted by atomic mass is 79.9. The molecule has 1 heterocycles. The first-order chi connectivity index (χ1) is 14.6. The van der Waals surface area contributed by atoms with Gasteiger partial charge >= 0.3 is 0 Å². The van der Waals surface area contributed by atoms with Gasteiger partial charge in [-0.25, -0.2) is 0 Å². The second-order valence-electron chi connectivity index (χ2n) is 6.80. The van der Waals surface area contributed by atoms with Gasteiger partial charge in [0, 0.05) is 23.1 Å². The quantitative estimate of drug-likeness (QED) is 0.421. The van der Waals surface area contributed by atoms with Crippen molar-refractivity contribution in [3.8, 4) is 0 Å². The minimum atomic E-state index is -0.220. The molecule has 0 fully saturated rings. The van der Waals surface area contributed by atoms with E-state index in [9.17, 15) is 9.59 Å². The maximum Gasteiger partial charge on any atom is 0.254 e. The van der Waals surface area contributed by atoms with E-state index in [4.69, 9.17) is 4.42 Å². The summed E-state index contributed by atoms with van der Waals surface area (Å²) in [6, 6.07) is 20.5. The van der Waals surface area contributed by atoms with Crippen molar-refractivity contribution in [3.05, 3.63) is 107 Å². The van der Waals surface area contributed by atoms with Crippen molar-refractivity contribution in [2.75, 3.05) is 13.1 Å². The van der Waals surface area contributed by atoms with Gasteiger partial charge in [0.25, 0.3) is 5.91 Å². The number of benzene rings is 2. The summed E-state index contributed by atoms with van der Waals surface area (Å²) in [5.74, 6) is 0.301. The van der Waals surface area contributed by atoms with Gasteiger partial charge in [0.15, 0.2) is 0 Å². The van der Waals surface area contributed by atoms with Crippen LogP contribution in [0.15, 0.2) is 94.5 Å². The first-order valence-corrected chi connectivity index (χ1v) is 10.4. The molecule has 0 aliphatic rings. The largest absolute Gasteiger partial charge is 0.467 e. The van der Waals surface area contributed by atoms with Crippen LogP contribution in [0.25, 0.3) is 0 Å². The van der Waals surface area contributed by atoms with E-state index in [1.807, 2.05) is 42.5 Å². The SMILES string of the molecule is C=CCN(CC(=O)N(Cc1ccccc1)Cc1ccco1)C(=O)c1cccc(Br)c1. The Labute approximate surface area is 184 Å². The molecular weight excluding hydrogens is 444 g/mol. The number of hydrogen-bond acceptors (Lipinski definition) is 3. The van der Waals surface area contributed by atoms with Crippen molar-refractivity contribution in [1.82, 2.24) is 9.80 Å². The molecule has 0 saturated heterocycles. The molecule has 5 nitrogen and oxygen atoms in total. The molecular formula is C24H23BrN2O3. The third-order valence-corrected chi connectivity index (χ3v) is 5.02. The Morgan fingerprint density at radius 2 is 1.77 bits per heavy atom. The molecule has 0 N–H and O–H groups in total. The molecule has 0 radical (unpaired) electrons. The van der Waals surface area contributed by atoms with Crippen LogP contribution < -0.4 is 0 Å². The molecule has 0 saturated carbocycles. The second kappa shape index (κ2) is 10.6. The number of nitrogens with zero attached hydrogens (tertiary/aromatic N) is 2. The zero-order valence-electron chi connectivity index (χ0n) is 16.5. The molecule has 0 unspecified atom stereocenters. The molecule has 2 amide bonds. The second-order valence-corrected chi connectivity index (χ2v) is 7.72. The lowest BCUT2D eigenvalue weighted by Gasteiger charge is -2.27. The van der Waals surface area contributed by atoms with Gasteiger partial charge in [-0.05, 0) is 35.9 Å². The molecule has 0 bridgehead atoms. The fourth-order valence-corrected chi connectivity index (χ4v) is 3.47. The molecule has 3 aromatic rings. The average molecular weight is 467 g/mol. The Kier molecular flexibility index (Phi) is 7.63.